The van der Waals surface area contributed by atoms with Gasteiger partial charge in [0, 0.05) is 12.0 Å². The second-order valence-electron chi connectivity index (χ2n) is 2.79. The fraction of sp³-hybridized carbons (Fsp3) is 0.364. The first kappa shape index (κ1) is 10.6. The van der Waals surface area contributed by atoms with Crippen molar-refractivity contribution in [2.45, 2.75) is 20.3 Å². The lowest BCUT2D eigenvalue weighted by Crippen LogP contribution is -2.09. The molecule has 0 atom stereocenters. The molecule has 0 bridgehead atoms. The van der Waals surface area contributed by atoms with Crippen LogP contribution in [0.3, 0.4) is 0 Å². The highest BCUT2D eigenvalue weighted by Crippen LogP contribution is 2.10. The first-order chi connectivity index (χ1) is 6.77. The Labute approximate surface area is 83.4 Å². The molecule has 3 heteroatoms. The summed E-state index contributed by atoms with van der Waals surface area (Å²) in [7, 11) is 0. The van der Waals surface area contributed by atoms with Crippen LogP contribution in [-0.4, -0.2) is 12.6 Å². The van der Waals surface area contributed by atoms with Crippen molar-refractivity contribution in [2.24, 2.45) is 0 Å². The Kier molecular flexibility index (Phi) is 3.98. The van der Waals surface area contributed by atoms with Crippen LogP contribution >= 0.6 is 0 Å². The third-order valence-corrected chi connectivity index (χ3v) is 1.83. The molecule has 0 aliphatic rings. The summed E-state index contributed by atoms with van der Waals surface area (Å²) in [6.45, 7) is 4.00. The number of furan rings is 1. The fourth-order valence-corrected chi connectivity index (χ4v) is 1.12. The van der Waals surface area contributed by atoms with E-state index in [1.807, 2.05) is 13.0 Å². The normalized spacial score (nSPS) is 11.4. The quantitative estimate of drug-likeness (QED) is 0.545. The van der Waals surface area contributed by atoms with Crippen LogP contribution in [0.5, 0.6) is 0 Å². The van der Waals surface area contributed by atoms with E-state index in [-0.39, 0.29) is 5.97 Å². The van der Waals surface area contributed by atoms with Crippen molar-refractivity contribution in [3.8, 4) is 0 Å². The Morgan fingerprint density at radius 1 is 1.64 bits per heavy atom. The third-order valence-electron chi connectivity index (χ3n) is 1.83. The number of hydrogen-bond donors (Lipinski definition) is 0. The number of allylic oxidation sites excluding steroid dienone is 1. The maximum absolute atomic E-state index is 11.4. The van der Waals surface area contributed by atoms with Gasteiger partial charge in [0.2, 0.25) is 0 Å². The molecule has 0 saturated heterocycles. The molecule has 3 nitrogen and oxygen atoms in total. The molecular weight excluding hydrogens is 180 g/mol. The lowest BCUT2D eigenvalue weighted by molar-refractivity contribution is -0.138. The molecule has 0 saturated carbocycles. The van der Waals surface area contributed by atoms with E-state index < -0.39 is 0 Å². The lowest BCUT2D eigenvalue weighted by Gasteiger charge is -2.03. The van der Waals surface area contributed by atoms with Crippen LogP contribution in [0.15, 0.2) is 34.5 Å². The third kappa shape index (κ3) is 2.76. The molecule has 1 heterocycles. The van der Waals surface area contributed by atoms with Crippen molar-refractivity contribution < 1.29 is 13.9 Å². The minimum atomic E-state index is -0.272. The summed E-state index contributed by atoms with van der Waals surface area (Å²) in [6.07, 6.45) is 3.83. The molecule has 1 rings (SSSR count). The first-order valence-electron chi connectivity index (χ1n) is 4.62. The maximum atomic E-state index is 11.4. The van der Waals surface area contributed by atoms with Gasteiger partial charge in [0.15, 0.2) is 0 Å². The summed E-state index contributed by atoms with van der Waals surface area (Å²) < 4.78 is 10.0. The minimum absolute atomic E-state index is 0.272. The van der Waals surface area contributed by atoms with Crippen LogP contribution in [0.1, 0.15) is 19.6 Å². The Balaban J connectivity index is 2.61. The van der Waals surface area contributed by atoms with E-state index in [0.717, 1.165) is 5.76 Å². The molecule has 0 aromatic carbocycles. The van der Waals surface area contributed by atoms with Crippen molar-refractivity contribution in [1.29, 1.82) is 0 Å². The summed E-state index contributed by atoms with van der Waals surface area (Å²) in [6, 6.07) is 3.64. The summed E-state index contributed by atoms with van der Waals surface area (Å²) in [5.74, 6) is 0.498. The van der Waals surface area contributed by atoms with Crippen LogP contribution in [0, 0.1) is 0 Å². The number of carbonyl (C=O) groups excluding carboxylic acids is 1. The largest absolute Gasteiger partial charge is 0.469 e. The molecule has 0 spiro atoms. The number of carbonyl (C=O) groups is 1. The number of rotatable bonds is 4. The summed E-state index contributed by atoms with van der Waals surface area (Å²) in [5, 5.41) is 0. The average Bonchev–Trinajstić information content (AvgIpc) is 2.66. The molecule has 0 unspecified atom stereocenters. The number of hydrogen-bond acceptors (Lipinski definition) is 3. The molecule has 0 N–H and O–H groups in total. The van der Waals surface area contributed by atoms with Crippen molar-refractivity contribution in [2.75, 3.05) is 6.61 Å². The molecule has 1 aromatic heterocycles. The van der Waals surface area contributed by atoms with Crippen molar-refractivity contribution in [3.05, 3.63) is 35.8 Å². The van der Waals surface area contributed by atoms with Crippen LogP contribution in [0.2, 0.25) is 0 Å². The topological polar surface area (TPSA) is 39.4 Å². The molecule has 0 aliphatic carbocycles. The van der Waals surface area contributed by atoms with Crippen molar-refractivity contribution in [1.82, 2.24) is 0 Å². The summed E-state index contributed by atoms with van der Waals surface area (Å²) in [5.41, 5.74) is 0.627. The van der Waals surface area contributed by atoms with Crippen LogP contribution in [-0.2, 0) is 16.0 Å². The van der Waals surface area contributed by atoms with Gasteiger partial charge in [-0.25, -0.2) is 4.79 Å². The van der Waals surface area contributed by atoms with E-state index in [1.54, 1.807) is 25.3 Å². The van der Waals surface area contributed by atoms with E-state index in [4.69, 9.17) is 9.15 Å². The monoisotopic (exact) mass is 194 g/mol. The van der Waals surface area contributed by atoms with Gasteiger partial charge in [0.05, 0.1) is 12.9 Å². The Morgan fingerprint density at radius 3 is 2.93 bits per heavy atom. The zero-order chi connectivity index (χ0) is 10.4. The highest BCUT2D eigenvalue weighted by molar-refractivity contribution is 5.88. The van der Waals surface area contributed by atoms with E-state index in [9.17, 15) is 4.79 Å². The highest BCUT2D eigenvalue weighted by Gasteiger charge is 2.11. The van der Waals surface area contributed by atoms with Gasteiger partial charge in [0.25, 0.3) is 0 Å². The van der Waals surface area contributed by atoms with Gasteiger partial charge in [0.1, 0.15) is 5.76 Å². The van der Waals surface area contributed by atoms with Gasteiger partial charge in [-0.05, 0) is 26.0 Å². The summed E-state index contributed by atoms with van der Waals surface area (Å²) >= 11 is 0. The molecule has 0 radical (unpaired) electrons. The average molecular weight is 194 g/mol. The zero-order valence-electron chi connectivity index (χ0n) is 8.45. The number of ether oxygens (including phenoxy) is 1. The van der Waals surface area contributed by atoms with Crippen molar-refractivity contribution in [3.63, 3.8) is 0 Å². The molecule has 0 amide bonds. The molecule has 0 fully saturated rings. The van der Waals surface area contributed by atoms with Gasteiger partial charge in [-0.3, -0.25) is 0 Å². The van der Waals surface area contributed by atoms with E-state index in [0.29, 0.717) is 18.6 Å². The second kappa shape index (κ2) is 5.27. The number of esters is 1. The minimum Gasteiger partial charge on any atom is -0.469 e. The predicted octanol–water partition coefficient (Wildman–Crippen LogP) is 2.33. The second-order valence-corrected chi connectivity index (χ2v) is 2.79. The van der Waals surface area contributed by atoms with Gasteiger partial charge in [-0.1, -0.05) is 6.08 Å². The molecule has 0 aliphatic heterocycles. The standard InChI is InChI=1S/C11H14O3/c1-3-9(11(12)13-4-2)8-10-6-5-7-14-10/h3,5-7H,4,8H2,1-2H3/b9-3-. The zero-order valence-corrected chi connectivity index (χ0v) is 8.45. The van der Waals surface area contributed by atoms with Gasteiger partial charge in [-0.15, -0.1) is 0 Å². The van der Waals surface area contributed by atoms with E-state index in [1.165, 1.54) is 0 Å². The fourth-order valence-electron chi connectivity index (χ4n) is 1.12. The molecule has 76 valence electrons. The SMILES string of the molecule is C/C=C(/Cc1ccco1)C(=O)OCC. The Bertz CT molecular complexity index is 309. The molecular formula is C11H14O3. The molecule has 1 aromatic rings. The maximum Gasteiger partial charge on any atom is 0.334 e. The van der Waals surface area contributed by atoms with E-state index >= 15 is 0 Å². The van der Waals surface area contributed by atoms with Crippen LogP contribution in [0.4, 0.5) is 0 Å². The van der Waals surface area contributed by atoms with Crippen molar-refractivity contribution >= 4 is 5.97 Å². The first-order valence-corrected chi connectivity index (χ1v) is 4.62. The van der Waals surface area contributed by atoms with Crippen LogP contribution in [0.25, 0.3) is 0 Å². The van der Waals surface area contributed by atoms with Gasteiger partial charge >= 0.3 is 5.97 Å². The smallest absolute Gasteiger partial charge is 0.334 e. The highest BCUT2D eigenvalue weighted by atomic mass is 16.5. The molecule has 14 heavy (non-hydrogen) atoms. The predicted molar refractivity (Wildman–Crippen MR) is 52.8 cm³/mol. The lowest BCUT2D eigenvalue weighted by atomic mass is 10.1. The van der Waals surface area contributed by atoms with Gasteiger partial charge in [-0.2, -0.15) is 0 Å². The summed E-state index contributed by atoms with van der Waals surface area (Å²) in [4.78, 5) is 11.4. The Hall–Kier alpha value is -1.51. The Morgan fingerprint density at radius 2 is 2.43 bits per heavy atom. The van der Waals surface area contributed by atoms with E-state index in [2.05, 4.69) is 0 Å². The van der Waals surface area contributed by atoms with Crippen LogP contribution < -0.4 is 0 Å². The van der Waals surface area contributed by atoms with Gasteiger partial charge < -0.3 is 9.15 Å².